The molecule has 1 saturated heterocycles. The molecule has 1 aliphatic rings. The number of carbonyl (C=O) groups excluding carboxylic acids is 2. The lowest BCUT2D eigenvalue weighted by molar-refractivity contribution is -0.122. The van der Waals surface area contributed by atoms with Gasteiger partial charge in [0.2, 0.25) is 11.8 Å². The Hall–Kier alpha value is -2.27. The summed E-state index contributed by atoms with van der Waals surface area (Å²) in [5.74, 6) is -0.419. The zero-order chi connectivity index (χ0) is 17.8. The molecule has 1 unspecified atom stereocenters. The molecule has 1 aliphatic heterocycles. The third-order valence-corrected chi connectivity index (χ3v) is 5.21. The molecule has 0 aliphatic carbocycles. The van der Waals surface area contributed by atoms with Crippen LogP contribution < -0.4 is 10.2 Å². The van der Waals surface area contributed by atoms with Gasteiger partial charge in [0.1, 0.15) is 0 Å². The molecule has 1 N–H and O–H groups in total. The molecule has 0 radical (unpaired) electrons. The number of hydrogen-bond acceptors (Lipinski definition) is 3. The fourth-order valence-corrected chi connectivity index (χ4v) is 3.45. The van der Waals surface area contributed by atoms with Crippen molar-refractivity contribution in [2.75, 3.05) is 23.0 Å². The van der Waals surface area contributed by atoms with Crippen LogP contribution in [0.4, 0.5) is 11.4 Å². The highest BCUT2D eigenvalue weighted by molar-refractivity contribution is 7.98. The second kappa shape index (κ2) is 7.74. The van der Waals surface area contributed by atoms with Gasteiger partial charge in [0.15, 0.2) is 0 Å². The van der Waals surface area contributed by atoms with Crippen LogP contribution in [0.5, 0.6) is 0 Å². The van der Waals surface area contributed by atoms with Crippen molar-refractivity contribution < 1.29 is 9.59 Å². The number of benzene rings is 2. The van der Waals surface area contributed by atoms with Crippen LogP contribution in [0.25, 0.3) is 0 Å². The Balaban J connectivity index is 1.67. The number of nitrogens with zero attached hydrogens (tertiary/aromatic N) is 1. The fraction of sp³-hybridized carbons (Fsp3) is 0.300. The van der Waals surface area contributed by atoms with Crippen LogP contribution in [-0.4, -0.2) is 24.6 Å². The standard InChI is InChI=1S/C20H22N2O2S/c1-3-14-7-9-17(10-8-14)22-13-15(11-19(22)23)20(24)21-16-5-4-6-18(12-16)25-2/h4-10,12,15H,3,11,13H2,1-2H3,(H,21,24). The summed E-state index contributed by atoms with van der Waals surface area (Å²) in [5.41, 5.74) is 2.87. The van der Waals surface area contributed by atoms with E-state index < -0.39 is 0 Å². The molecule has 2 aromatic carbocycles. The average molecular weight is 354 g/mol. The highest BCUT2D eigenvalue weighted by Crippen LogP contribution is 2.27. The van der Waals surface area contributed by atoms with Crippen molar-refractivity contribution in [3.8, 4) is 0 Å². The molecule has 3 rings (SSSR count). The number of thioether (sulfide) groups is 1. The molecule has 1 heterocycles. The third kappa shape index (κ3) is 4.04. The van der Waals surface area contributed by atoms with Gasteiger partial charge in [-0.05, 0) is 48.6 Å². The topological polar surface area (TPSA) is 49.4 Å². The molecule has 0 aromatic heterocycles. The normalized spacial score (nSPS) is 17.0. The number of rotatable bonds is 5. The van der Waals surface area contributed by atoms with Gasteiger partial charge in [0.05, 0.1) is 5.92 Å². The van der Waals surface area contributed by atoms with Crippen molar-refractivity contribution in [1.29, 1.82) is 0 Å². The van der Waals surface area contributed by atoms with E-state index in [1.54, 1.807) is 16.7 Å². The molecule has 0 spiro atoms. The Morgan fingerprint density at radius 2 is 2.00 bits per heavy atom. The first-order valence-corrected chi connectivity index (χ1v) is 9.67. The van der Waals surface area contributed by atoms with Gasteiger partial charge in [-0.2, -0.15) is 0 Å². The van der Waals surface area contributed by atoms with E-state index >= 15 is 0 Å². The van der Waals surface area contributed by atoms with Crippen LogP contribution in [0, 0.1) is 5.92 Å². The maximum Gasteiger partial charge on any atom is 0.229 e. The predicted molar refractivity (Wildman–Crippen MR) is 103 cm³/mol. The Morgan fingerprint density at radius 1 is 1.24 bits per heavy atom. The maximum absolute atomic E-state index is 12.5. The van der Waals surface area contributed by atoms with Gasteiger partial charge in [-0.3, -0.25) is 9.59 Å². The van der Waals surface area contributed by atoms with E-state index in [-0.39, 0.29) is 24.2 Å². The summed E-state index contributed by atoms with van der Waals surface area (Å²) in [6, 6.07) is 15.7. The van der Waals surface area contributed by atoms with Gasteiger partial charge in [0, 0.05) is 29.2 Å². The number of carbonyl (C=O) groups is 2. The summed E-state index contributed by atoms with van der Waals surface area (Å²) in [7, 11) is 0. The van der Waals surface area contributed by atoms with Gasteiger partial charge in [0.25, 0.3) is 0 Å². The lowest BCUT2D eigenvalue weighted by Gasteiger charge is -2.17. The Kier molecular flexibility index (Phi) is 5.43. The summed E-state index contributed by atoms with van der Waals surface area (Å²) >= 11 is 1.63. The van der Waals surface area contributed by atoms with Crippen LogP contribution in [-0.2, 0) is 16.0 Å². The number of nitrogens with one attached hydrogen (secondary N) is 1. The molecule has 130 valence electrons. The molecule has 0 saturated carbocycles. The van der Waals surface area contributed by atoms with Gasteiger partial charge >= 0.3 is 0 Å². The van der Waals surface area contributed by atoms with E-state index in [2.05, 4.69) is 12.2 Å². The quantitative estimate of drug-likeness (QED) is 0.827. The highest BCUT2D eigenvalue weighted by atomic mass is 32.2. The van der Waals surface area contributed by atoms with Gasteiger partial charge in [-0.1, -0.05) is 25.1 Å². The van der Waals surface area contributed by atoms with Crippen LogP contribution in [0.1, 0.15) is 18.9 Å². The minimum absolute atomic E-state index is 0.00210. The van der Waals surface area contributed by atoms with Crippen molar-refractivity contribution >= 4 is 35.0 Å². The van der Waals surface area contributed by atoms with E-state index in [1.165, 1.54) is 5.56 Å². The van der Waals surface area contributed by atoms with Crippen LogP contribution in [0.3, 0.4) is 0 Å². The number of aryl methyl sites for hydroxylation is 1. The lowest BCUT2D eigenvalue weighted by Crippen LogP contribution is -2.28. The fourth-order valence-electron chi connectivity index (χ4n) is 2.99. The maximum atomic E-state index is 12.5. The smallest absolute Gasteiger partial charge is 0.229 e. The van der Waals surface area contributed by atoms with E-state index in [0.717, 1.165) is 22.7 Å². The molecule has 2 aromatic rings. The van der Waals surface area contributed by atoms with Gasteiger partial charge in [-0.15, -0.1) is 11.8 Å². The molecule has 1 atom stereocenters. The second-order valence-electron chi connectivity index (χ2n) is 6.15. The summed E-state index contributed by atoms with van der Waals surface area (Å²) in [4.78, 5) is 27.7. The minimum atomic E-state index is -0.323. The first-order valence-electron chi connectivity index (χ1n) is 8.45. The molecule has 1 fully saturated rings. The Labute approximate surface area is 152 Å². The van der Waals surface area contributed by atoms with Gasteiger partial charge in [-0.25, -0.2) is 0 Å². The summed E-state index contributed by atoms with van der Waals surface area (Å²) < 4.78 is 0. The number of amides is 2. The van der Waals surface area contributed by atoms with Crippen LogP contribution in [0.15, 0.2) is 53.4 Å². The third-order valence-electron chi connectivity index (χ3n) is 4.49. The Bertz CT molecular complexity index is 774. The van der Waals surface area contributed by atoms with E-state index in [1.807, 2.05) is 54.8 Å². The lowest BCUT2D eigenvalue weighted by atomic mass is 10.1. The zero-order valence-electron chi connectivity index (χ0n) is 14.5. The Morgan fingerprint density at radius 3 is 2.68 bits per heavy atom. The SMILES string of the molecule is CCc1ccc(N2CC(C(=O)Nc3cccc(SC)c3)CC2=O)cc1. The monoisotopic (exact) mass is 354 g/mol. The van der Waals surface area contributed by atoms with Crippen LogP contribution in [0.2, 0.25) is 0 Å². The minimum Gasteiger partial charge on any atom is -0.326 e. The molecule has 2 amide bonds. The molecular formula is C20H22N2O2S. The summed E-state index contributed by atoms with van der Waals surface area (Å²) in [6.07, 6.45) is 3.22. The summed E-state index contributed by atoms with van der Waals surface area (Å²) in [5, 5.41) is 2.94. The van der Waals surface area contributed by atoms with Crippen molar-refractivity contribution in [1.82, 2.24) is 0 Å². The van der Waals surface area contributed by atoms with E-state index in [4.69, 9.17) is 0 Å². The highest BCUT2D eigenvalue weighted by Gasteiger charge is 2.35. The molecule has 5 heteroatoms. The second-order valence-corrected chi connectivity index (χ2v) is 7.03. The number of anilines is 2. The molecule has 0 bridgehead atoms. The predicted octanol–water partition coefficient (Wildman–Crippen LogP) is 3.96. The van der Waals surface area contributed by atoms with Crippen molar-refractivity contribution in [2.24, 2.45) is 5.92 Å². The van der Waals surface area contributed by atoms with Crippen LogP contribution >= 0.6 is 11.8 Å². The van der Waals surface area contributed by atoms with Crippen molar-refractivity contribution in [3.63, 3.8) is 0 Å². The van der Waals surface area contributed by atoms with Gasteiger partial charge < -0.3 is 10.2 Å². The molecule has 4 nitrogen and oxygen atoms in total. The summed E-state index contributed by atoms with van der Waals surface area (Å²) in [6.45, 7) is 2.53. The largest absolute Gasteiger partial charge is 0.326 e. The molecule has 25 heavy (non-hydrogen) atoms. The molecular weight excluding hydrogens is 332 g/mol. The van der Waals surface area contributed by atoms with Crippen molar-refractivity contribution in [2.45, 2.75) is 24.7 Å². The van der Waals surface area contributed by atoms with Crippen molar-refractivity contribution in [3.05, 3.63) is 54.1 Å². The average Bonchev–Trinajstić information content (AvgIpc) is 3.04. The van der Waals surface area contributed by atoms with E-state index in [0.29, 0.717) is 6.54 Å². The number of hydrogen-bond donors (Lipinski definition) is 1. The first-order chi connectivity index (χ1) is 12.1. The van der Waals surface area contributed by atoms with E-state index in [9.17, 15) is 9.59 Å². The first kappa shape index (κ1) is 17.5. The zero-order valence-corrected chi connectivity index (χ0v) is 15.3.